The normalized spacial score (nSPS) is 22.9. The third-order valence-electron chi connectivity index (χ3n) is 4.56. The van der Waals surface area contributed by atoms with Crippen LogP contribution < -0.4 is 5.73 Å². The van der Waals surface area contributed by atoms with Crippen molar-refractivity contribution < 1.29 is 9.53 Å². The van der Waals surface area contributed by atoms with Gasteiger partial charge in [-0.1, -0.05) is 20.8 Å². The second-order valence-electron chi connectivity index (χ2n) is 7.18. The van der Waals surface area contributed by atoms with Gasteiger partial charge >= 0.3 is 0 Å². The summed E-state index contributed by atoms with van der Waals surface area (Å²) in [4.78, 5) is 12.8. The van der Waals surface area contributed by atoms with Crippen molar-refractivity contribution in [3.05, 3.63) is 40.7 Å². The minimum absolute atomic E-state index is 0.0238. The largest absolute Gasteiger partial charge is 0.444 e. The Kier molecular flexibility index (Phi) is 3.96. The zero-order valence-electron chi connectivity index (χ0n) is 14.3. The Hall–Kier alpha value is -2.55. The van der Waals surface area contributed by atoms with Gasteiger partial charge in [-0.05, 0) is 17.9 Å². The fourth-order valence-electron chi connectivity index (χ4n) is 3.57. The van der Waals surface area contributed by atoms with Crippen molar-refractivity contribution in [1.29, 1.82) is 5.26 Å². The van der Waals surface area contributed by atoms with E-state index in [-0.39, 0.29) is 17.1 Å². The molecule has 1 aromatic rings. The lowest BCUT2D eigenvalue weighted by atomic mass is 9.71. The van der Waals surface area contributed by atoms with Crippen molar-refractivity contribution in [2.75, 3.05) is 0 Å². The molecule has 24 heavy (non-hydrogen) atoms. The number of ether oxygens (including phenoxy) is 1. The first-order valence-electron chi connectivity index (χ1n) is 8.23. The standard InChI is InChI=1S/C18H22N4O2/c1-4-7-22-12(5-6-21-22)15-11(10-19)17(20)24-14-9-18(2,3)8-13(23)16(14)15/h5-6,15H,4,7-9,20H2,1-3H3/t15-/m1/s1. The number of hydrogen-bond donors (Lipinski definition) is 1. The fraction of sp³-hybridized carbons (Fsp3) is 0.500. The Bertz CT molecular complexity index is 792. The molecular weight excluding hydrogens is 304 g/mol. The molecule has 1 aromatic heterocycles. The van der Waals surface area contributed by atoms with Crippen LogP contribution in [-0.2, 0) is 16.1 Å². The number of carbonyl (C=O) groups excluding carboxylic acids is 1. The molecule has 1 atom stereocenters. The summed E-state index contributed by atoms with van der Waals surface area (Å²) in [7, 11) is 0. The first kappa shape index (κ1) is 16.3. The third-order valence-corrected chi connectivity index (χ3v) is 4.56. The molecule has 126 valence electrons. The molecular formula is C18H22N4O2. The highest BCUT2D eigenvalue weighted by atomic mass is 16.5. The number of allylic oxidation sites excluding steroid dienone is 3. The summed E-state index contributed by atoms with van der Waals surface area (Å²) < 4.78 is 7.54. The summed E-state index contributed by atoms with van der Waals surface area (Å²) in [6, 6.07) is 3.99. The van der Waals surface area contributed by atoms with Gasteiger partial charge in [0.25, 0.3) is 0 Å². The van der Waals surface area contributed by atoms with Crippen LogP contribution in [0.3, 0.4) is 0 Å². The van der Waals surface area contributed by atoms with Gasteiger partial charge < -0.3 is 10.5 Å². The third kappa shape index (κ3) is 2.60. The summed E-state index contributed by atoms with van der Waals surface area (Å²) in [6.07, 6.45) is 3.67. The van der Waals surface area contributed by atoms with Crippen LogP contribution >= 0.6 is 0 Å². The van der Waals surface area contributed by atoms with Gasteiger partial charge in [0, 0.05) is 31.2 Å². The maximum Gasteiger partial charge on any atom is 0.205 e. The van der Waals surface area contributed by atoms with Gasteiger partial charge in [0.1, 0.15) is 17.4 Å². The zero-order valence-corrected chi connectivity index (χ0v) is 14.3. The van der Waals surface area contributed by atoms with E-state index in [9.17, 15) is 10.1 Å². The number of Topliss-reactive ketones (excluding diaryl/α,β-unsaturated/α-hetero) is 1. The minimum Gasteiger partial charge on any atom is -0.444 e. The zero-order chi connectivity index (χ0) is 17.5. The summed E-state index contributed by atoms with van der Waals surface area (Å²) in [6.45, 7) is 6.85. The van der Waals surface area contributed by atoms with Gasteiger partial charge in [0.05, 0.1) is 11.6 Å². The van der Waals surface area contributed by atoms with Crippen LogP contribution in [0.5, 0.6) is 0 Å². The Morgan fingerprint density at radius 2 is 2.25 bits per heavy atom. The van der Waals surface area contributed by atoms with E-state index >= 15 is 0 Å². The lowest BCUT2D eigenvalue weighted by Crippen LogP contribution is -2.34. The first-order valence-corrected chi connectivity index (χ1v) is 8.23. The number of nitrogens with two attached hydrogens (primary N) is 1. The molecule has 2 aliphatic rings. The average molecular weight is 326 g/mol. The van der Waals surface area contributed by atoms with E-state index in [0.29, 0.717) is 29.7 Å². The highest BCUT2D eigenvalue weighted by Gasteiger charge is 2.43. The Balaban J connectivity index is 2.17. The van der Waals surface area contributed by atoms with E-state index < -0.39 is 5.92 Å². The molecule has 0 amide bonds. The van der Waals surface area contributed by atoms with Crippen LogP contribution in [0.25, 0.3) is 0 Å². The maximum atomic E-state index is 12.8. The maximum absolute atomic E-state index is 12.8. The number of rotatable bonds is 3. The summed E-state index contributed by atoms with van der Waals surface area (Å²) in [5.41, 5.74) is 7.52. The monoisotopic (exact) mass is 326 g/mol. The van der Waals surface area contributed by atoms with Gasteiger partial charge in [0.2, 0.25) is 5.88 Å². The van der Waals surface area contributed by atoms with Crippen LogP contribution in [0.2, 0.25) is 0 Å². The highest BCUT2D eigenvalue weighted by molar-refractivity contribution is 5.99. The van der Waals surface area contributed by atoms with Crippen molar-refractivity contribution in [1.82, 2.24) is 9.78 Å². The van der Waals surface area contributed by atoms with Crippen molar-refractivity contribution in [2.45, 2.75) is 52.5 Å². The number of nitrogens with zero attached hydrogens (tertiary/aromatic N) is 3. The van der Waals surface area contributed by atoms with E-state index in [4.69, 9.17) is 10.5 Å². The number of aromatic nitrogens is 2. The predicted octanol–water partition coefficient (Wildman–Crippen LogP) is 2.74. The van der Waals surface area contributed by atoms with Crippen molar-refractivity contribution in [3.8, 4) is 6.07 Å². The molecule has 0 spiro atoms. The van der Waals surface area contributed by atoms with Gasteiger partial charge in [-0.15, -0.1) is 0 Å². The van der Waals surface area contributed by atoms with Gasteiger partial charge in [-0.3, -0.25) is 9.48 Å². The van der Waals surface area contributed by atoms with E-state index in [1.807, 2.05) is 24.6 Å². The molecule has 6 heteroatoms. The smallest absolute Gasteiger partial charge is 0.205 e. The Morgan fingerprint density at radius 1 is 1.50 bits per heavy atom. The Morgan fingerprint density at radius 3 is 2.92 bits per heavy atom. The highest BCUT2D eigenvalue weighted by Crippen LogP contribution is 2.47. The lowest BCUT2D eigenvalue weighted by Gasteiger charge is -2.37. The number of carbonyl (C=O) groups is 1. The molecule has 0 radical (unpaired) electrons. The summed E-state index contributed by atoms with van der Waals surface area (Å²) >= 11 is 0. The molecule has 1 aliphatic carbocycles. The van der Waals surface area contributed by atoms with Gasteiger partial charge in [-0.25, -0.2) is 0 Å². The molecule has 0 saturated heterocycles. The quantitative estimate of drug-likeness (QED) is 0.921. The number of aryl methyl sites for hydroxylation is 1. The predicted molar refractivity (Wildman–Crippen MR) is 88.2 cm³/mol. The topological polar surface area (TPSA) is 93.9 Å². The lowest BCUT2D eigenvalue weighted by molar-refractivity contribution is -0.119. The SMILES string of the molecule is CCCn1nccc1[C@H]1C(C#N)=C(N)OC2=C1C(=O)CC(C)(C)C2. The van der Waals surface area contributed by atoms with Crippen LogP contribution in [0.4, 0.5) is 0 Å². The number of nitriles is 1. The molecule has 0 saturated carbocycles. The van der Waals surface area contributed by atoms with Crippen molar-refractivity contribution >= 4 is 5.78 Å². The number of hydrogen-bond acceptors (Lipinski definition) is 5. The summed E-state index contributed by atoms with van der Waals surface area (Å²) in [5, 5.41) is 13.9. The van der Waals surface area contributed by atoms with Crippen molar-refractivity contribution in [3.63, 3.8) is 0 Å². The second-order valence-corrected chi connectivity index (χ2v) is 7.18. The van der Waals surface area contributed by atoms with E-state index in [1.54, 1.807) is 6.20 Å². The van der Waals surface area contributed by atoms with Crippen LogP contribution in [0.1, 0.15) is 51.6 Å². The fourth-order valence-corrected chi connectivity index (χ4v) is 3.57. The van der Waals surface area contributed by atoms with Gasteiger partial charge in [0.15, 0.2) is 5.78 Å². The second kappa shape index (κ2) is 5.82. The van der Waals surface area contributed by atoms with E-state index in [1.165, 1.54) is 0 Å². The van der Waals surface area contributed by atoms with E-state index in [2.05, 4.69) is 18.1 Å². The van der Waals surface area contributed by atoms with Crippen LogP contribution in [0, 0.1) is 16.7 Å². The molecule has 1 aliphatic heterocycles. The molecule has 0 unspecified atom stereocenters. The molecule has 2 N–H and O–H groups in total. The minimum atomic E-state index is -0.489. The van der Waals surface area contributed by atoms with E-state index in [0.717, 1.165) is 18.7 Å². The molecule has 3 rings (SSSR count). The summed E-state index contributed by atoms with van der Waals surface area (Å²) in [5.74, 6) is 0.227. The van der Waals surface area contributed by atoms with Crippen LogP contribution in [-0.4, -0.2) is 15.6 Å². The molecule has 6 nitrogen and oxygen atoms in total. The molecule has 0 aromatic carbocycles. The Labute approximate surface area is 141 Å². The van der Waals surface area contributed by atoms with Gasteiger partial charge in [-0.2, -0.15) is 10.4 Å². The van der Waals surface area contributed by atoms with Crippen LogP contribution in [0.15, 0.2) is 35.1 Å². The molecule has 0 fully saturated rings. The average Bonchev–Trinajstić information content (AvgIpc) is 2.92. The number of ketones is 1. The molecule has 0 bridgehead atoms. The first-order chi connectivity index (χ1) is 11.4. The van der Waals surface area contributed by atoms with Crippen molar-refractivity contribution in [2.24, 2.45) is 11.1 Å². The molecule has 2 heterocycles.